The summed E-state index contributed by atoms with van der Waals surface area (Å²) in [5.41, 5.74) is 1.74. The Kier molecular flexibility index (Phi) is 5.75. The van der Waals surface area contributed by atoms with E-state index in [9.17, 15) is 9.90 Å². The Morgan fingerprint density at radius 2 is 2.23 bits per heavy atom. The minimum Gasteiger partial charge on any atom is -0.460 e. The molecule has 0 bridgehead atoms. The molecule has 5 nitrogen and oxygen atoms in total. The molecule has 1 heterocycles. The van der Waals surface area contributed by atoms with Gasteiger partial charge in [0.2, 0.25) is 5.91 Å². The van der Waals surface area contributed by atoms with Gasteiger partial charge in [0.1, 0.15) is 11.3 Å². The fraction of sp³-hybridized carbons (Fsp3) is 0.353. The molecular weight excluding hydrogens is 282 g/mol. The number of fused-ring (bicyclic) bond motifs is 1. The normalized spacial score (nSPS) is 12.9. The number of amides is 1. The second-order valence-electron chi connectivity index (χ2n) is 4.98. The summed E-state index contributed by atoms with van der Waals surface area (Å²) in [7, 11) is 1.50. The molecule has 0 aliphatic rings. The summed E-state index contributed by atoms with van der Waals surface area (Å²) in [6, 6.07) is 7.74. The molecule has 2 aromatic rings. The number of methoxy groups -OCH3 is 1. The summed E-state index contributed by atoms with van der Waals surface area (Å²) >= 11 is 0. The Morgan fingerprint density at radius 1 is 1.45 bits per heavy atom. The van der Waals surface area contributed by atoms with Gasteiger partial charge in [0.05, 0.1) is 12.7 Å². The average Bonchev–Trinajstić information content (AvgIpc) is 2.89. The molecule has 1 amide bonds. The molecule has 118 valence electrons. The Hall–Kier alpha value is -2.11. The van der Waals surface area contributed by atoms with Crippen molar-refractivity contribution in [2.75, 3.05) is 20.3 Å². The van der Waals surface area contributed by atoms with Crippen LogP contribution in [0.1, 0.15) is 18.2 Å². The summed E-state index contributed by atoms with van der Waals surface area (Å²) < 4.78 is 10.6. The molecule has 0 aliphatic heterocycles. The van der Waals surface area contributed by atoms with Crippen LogP contribution in [-0.2, 0) is 16.0 Å². The molecule has 0 saturated carbocycles. The molecule has 22 heavy (non-hydrogen) atoms. The number of nitrogens with one attached hydrogen (secondary N) is 1. The molecule has 1 atom stereocenters. The molecule has 0 radical (unpaired) electrons. The number of carbonyl (C=O) groups is 1. The minimum absolute atomic E-state index is 0.157. The highest BCUT2D eigenvalue weighted by atomic mass is 16.5. The molecular formula is C17H21NO4. The lowest BCUT2D eigenvalue weighted by Gasteiger charge is -2.08. The lowest BCUT2D eigenvalue weighted by molar-refractivity contribution is -0.117. The van der Waals surface area contributed by atoms with Gasteiger partial charge in [0.15, 0.2) is 0 Å². The van der Waals surface area contributed by atoms with Gasteiger partial charge >= 0.3 is 0 Å². The van der Waals surface area contributed by atoms with Gasteiger partial charge in [0, 0.05) is 37.1 Å². The topological polar surface area (TPSA) is 71.7 Å². The number of para-hydroxylation sites is 1. The SMILES string of the molecule is CCc1oc2ccccc2c1/C=C/C(=O)NCC(O)COC. The first-order valence-electron chi connectivity index (χ1n) is 7.29. The number of aliphatic hydroxyl groups is 1. The van der Waals surface area contributed by atoms with Crippen molar-refractivity contribution in [1.29, 1.82) is 0 Å². The van der Waals surface area contributed by atoms with Gasteiger partial charge < -0.3 is 19.6 Å². The van der Waals surface area contributed by atoms with Crippen LogP contribution in [0.25, 0.3) is 17.0 Å². The Balaban J connectivity index is 2.08. The first-order valence-corrected chi connectivity index (χ1v) is 7.29. The zero-order chi connectivity index (χ0) is 15.9. The van der Waals surface area contributed by atoms with E-state index >= 15 is 0 Å². The monoisotopic (exact) mass is 303 g/mol. The average molecular weight is 303 g/mol. The van der Waals surface area contributed by atoms with Crippen LogP contribution in [0.2, 0.25) is 0 Å². The number of rotatable bonds is 7. The summed E-state index contributed by atoms with van der Waals surface area (Å²) in [4.78, 5) is 11.8. The van der Waals surface area contributed by atoms with Crippen molar-refractivity contribution < 1.29 is 19.1 Å². The third-order valence-electron chi connectivity index (χ3n) is 3.30. The van der Waals surface area contributed by atoms with Crippen molar-refractivity contribution in [1.82, 2.24) is 5.32 Å². The zero-order valence-corrected chi connectivity index (χ0v) is 12.8. The standard InChI is InChI=1S/C17H21NO4/c1-3-15-14(13-6-4-5-7-16(13)22-15)8-9-17(20)18-10-12(19)11-21-2/h4-9,12,19H,3,10-11H2,1-2H3,(H,18,20)/b9-8+. The number of hydrogen-bond donors (Lipinski definition) is 2. The number of ether oxygens (including phenoxy) is 1. The number of furan rings is 1. The van der Waals surface area contributed by atoms with Crippen molar-refractivity contribution in [3.8, 4) is 0 Å². The van der Waals surface area contributed by atoms with Crippen LogP contribution < -0.4 is 5.32 Å². The fourth-order valence-corrected chi connectivity index (χ4v) is 2.25. The van der Waals surface area contributed by atoms with Crippen LogP contribution in [0.4, 0.5) is 0 Å². The summed E-state index contributed by atoms with van der Waals surface area (Å²) in [5.74, 6) is 0.590. The first kappa shape index (κ1) is 16.3. The van der Waals surface area contributed by atoms with E-state index < -0.39 is 6.10 Å². The molecule has 0 fully saturated rings. The van der Waals surface area contributed by atoms with Crippen molar-refractivity contribution >= 4 is 23.0 Å². The van der Waals surface area contributed by atoms with E-state index in [0.717, 1.165) is 28.7 Å². The molecule has 1 unspecified atom stereocenters. The van der Waals surface area contributed by atoms with Crippen LogP contribution in [0, 0.1) is 0 Å². The van der Waals surface area contributed by atoms with E-state index in [2.05, 4.69) is 5.32 Å². The second-order valence-corrected chi connectivity index (χ2v) is 4.98. The number of aliphatic hydroxyl groups excluding tert-OH is 1. The van der Waals surface area contributed by atoms with Gasteiger partial charge in [-0.25, -0.2) is 0 Å². The summed E-state index contributed by atoms with van der Waals surface area (Å²) in [5, 5.41) is 13.1. The van der Waals surface area contributed by atoms with Crippen molar-refractivity contribution in [2.45, 2.75) is 19.4 Å². The zero-order valence-electron chi connectivity index (χ0n) is 12.8. The Labute approximate surface area is 129 Å². The lowest BCUT2D eigenvalue weighted by atomic mass is 10.1. The van der Waals surface area contributed by atoms with E-state index in [1.54, 1.807) is 6.08 Å². The minimum atomic E-state index is -0.705. The van der Waals surface area contributed by atoms with E-state index in [0.29, 0.717) is 0 Å². The molecule has 1 aromatic carbocycles. The van der Waals surface area contributed by atoms with Crippen molar-refractivity contribution in [3.05, 3.63) is 41.7 Å². The lowest BCUT2D eigenvalue weighted by Crippen LogP contribution is -2.33. The highest BCUT2D eigenvalue weighted by Gasteiger charge is 2.10. The number of benzene rings is 1. The molecule has 1 aromatic heterocycles. The summed E-state index contributed by atoms with van der Waals surface area (Å²) in [6.07, 6.45) is 3.25. The molecule has 5 heteroatoms. The second kappa shape index (κ2) is 7.77. The van der Waals surface area contributed by atoms with Crippen molar-refractivity contribution in [3.63, 3.8) is 0 Å². The van der Waals surface area contributed by atoms with Crippen LogP contribution >= 0.6 is 0 Å². The van der Waals surface area contributed by atoms with Crippen LogP contribution in [0.3, 0.4) is 0 Å². The van der Waals surface area contributed by atoms with E-state index in [1.165, 1.54) is 13.2 Å². The highest BCUT2D eigenvalue weighted by Crippen LogP contribution is 2.27. The predicted molar refractivity (Wildman–Crippen MR) is 85.5 cm³/mol. The van der Waals surface area contributed by atoms with E-state index in [4.69, 9.17) is 9.15 Å². The quantitative estimate of drug-likeness (QED) is 0.769. The highest BCUT2D eigenvalue weighted by molar-refractivity contribution is 5.96. The largest absolute Gasteiger partial charge is 0.460 e. The smallest absolute Gasteiger partial charge is 0.244 e. The first-order chi connectivity index (χ1) is 10.7. The van der Waals surface area contributed by atoms with Gasteiger partial charge in [-0.1, -0.05) is 25.1 Å². The molecule has 0 aliphatic carbocycles. The summed E-state index contributed by atoms with van der Waals surface area (Å²) in [6.45, 7) is 2.36. The maximum Gasteiger partial charge on any atom is 0.244 e. The molecule has 2 rings (SSSR count). The fourth-order valence-electron chi connectivity index (χ4n) is 2.25. The van der Waals surface area contributed by atoms with E-state index in [-0.39, 0.29) is 19.1 Å². The third-order valence-corrected chi connectivity index (χ3v) is 3.30. The van der Waals surface area contributed by atoms with Gasteiger partial charge in [0.25, 0.3) is 0 Å². The van der Waals surface area contributed by atoms with Gasteiger partial charge in [-0.2, -0.15) is 0 Å². The molecule has 0 spiro atoms. The Bertz CT molecular complexity index is 660. The van der Waals surface area contributed by atoms with Crippen LogP contribution in [0.5, 0.6) is 0 Å². The number of carbonyl (C=O) groups excluding carboxylic acids is 1. The predicted octanol–water partition coefficient (Wildman–Crippen LogP) is 2.13. The van der Waals surface area contributed by atoms with Crippen molar-refractivity contribution in [2.24, 2.45) is 0 Å². The van der Waals surface area contributed by atoms with Crippen LogP contribution in [0.15, 0.2) is 34.8 Å². The number of hydrogen-bond acceptors (Lipinski definition) is 4. The van der Waals surface area contributed by atoms with Crippen LogP contribution in [-0.4, -0.2) is 37.4 Å². The number of aryl methyl sites for hydroxylation is 1. The maximum absolute atomic E-state index is 11.8. The van der Waals surface area contributed by atoms with E-state index in [1.807, 2.05) is 31.2 Å². The van der Waals surface area contributed by atoms with Gasteiger partial charge in [-0.3, -0.25) is 4.79 Å². The third kappa shape index (κ3) is 3.96. The van der Waals surface area contributed by atoms with Gasteiger partial charge in [-0.15, -0.1) is 0 Å². The molecule has 2 N–H and O–H groups in total. The Morgan fingerprint density at radius 3 is 2.95 bits per heavy atom. The van der Waals surface area contributed by atoms with Gasteiger partial charge in [-0.05, 0) is 12.1 Å². The maximum atomic E-state index is 11.8. The molecule has 0 saturated heterocycles.